The van der Waals surface area contributed by atoms with E-state index in [1.54, 1.807) is 36.4 Å². The number of hydrogen-bond donors (Lipinski definition) is 6. The van der Waals surface area contributed by atoms with E-state index in [1.165, 1.54) is 34.5 Å². The van der Waals surface area contributed by atoms with E-state index in [9.17, 15) is 4.57 Å². The SMILES string of the molecule is COc1ccc(C=Cc2cc(OC)c(OC)c(OC)c2)cc1OP(=O)(O)O.NC(CO)(CO)CO. The summed E-state index contributed by atoms with van der Waals surface area (Å²) < 4.78 is 36.8. The summed E-state index contributed by atoms with van der Waals surface area (Å²) in [6.45, 7) is -1.21. The molecule has 0 radical (unpaired) electrons. The van der Waals surface area contributed by atoms with Crippen molar-refractivity contribution in [2.24, 2.45) is 5.73 Å². The van der Waals surface area contributed by atoms with Gasteiger partial charge in [0, 0.05) is 0 Å². The largest absolute Gasteiger partial charge is 0.524 e. The molecule has 0 aromatic heterocycles. The molecule has 12 nitrogen and oxygen atoms in total. The molecule has 35 heavy (non-hydrogen) atoms. The van der Waals surface area contributed by atoms with E-state index in [4.69, 9.17) is 49.8 Å². The summed E-state index contributed by atoms with van der Waals surface area (Å²) in [4.78, 5) is 18.1. The molecular weight excluding hydrogens is 485 g/mol. The van der Waals surface area contributed by atoms with Gasteiger partial charge in [0.1, 0.15) is 0 Å². The fourth-order valence-electron chi connectivity index (χ4n) is 2.54. The van der Waals surface area contributed by atoms with Crippen LogP contribution in [-0.4, -0.2) is 78.9 Å². The highest BCUT2D eigenvalue weighted by Gasteiger charge is 2.21. The Morgan fingerprint density at radius 3 is 1.60 bits per heavy atom. The first-order valence-corrected chi connectivity index (χ1v) is 11.6. The van der Waals surface area contributed by atoms with Crippen molar-refractivity contribution in [2.75, 3.05) is 48.3 Å². The Labute approximate surface area is 203 Å². The van der Waals surface area contributed by atoms with Crippen molar-refractivity contribution >= 4 is 20.0 Å². The summed E-state index contributed by atoms with van der Waals surface area (Å²) in [5, 5.41) is 25.0. The minimum atomic E-state index is -4.71. The Balaban J connectivity index is 0.000000658. The van der Waals surface area contributed by atoms with Crippen LogP contribution in [0.4, 0.5) is 0 Å². The lowest BCUT2D eigenvalue weighted by Gasteiger charge is -2.20. The summed E-state index contributed by atoms with van der Waals surface area (Å²) in [7, 11) is 1.26. The van der Waals surface area contributed by atoms with Crippen molar-refractivity contribution in [2.45, 2.75) is 5.54 Å². The Bertz CT molecular complexity index is 985. The molecule has 196 valence electrons. The number of nitrogens with two attached hydrogens (primary N) is 1. The number of aliphatic hydroxyl groups is 3. The molecule has 2 aromatic rings. The monoisotopic (exact) mass is 517 g/mol. The quantitative estimate of drug-likeness (QED) is 0.184. The molecule has 0 spiro atoms. The van der Waals surface area contributed by atoms with Crippen molar-refractivity contribution in [3.8, 4) is 28.7 Å². The predicted molar refractivity (Wildman–Crippen MR) is 129 cm³/mol. The van der Waals surface area contributed by atoms with Gasteiger partial charge in [0.15, 0.2) is 23.0 Å². The molecule has 2 rings (SSSR count). The predicted octanol–water partition coefficient (Wildman–Crippen LogP) is 1.02. The standard InChI is InChI=1S/C18H21O8P.C4H11NO3/c1-22-14-8-7-12(9-15(14)26-27(19,20)21)5-6-13-10-16(23-2)18(25-4)17(11-13)24-3;5-4(1-6,2-7)3-8/h5-11H,1-4H3,(H2,19,20,21);6-8H,1-3,5H2. The van der Waals surface area contributed by atoms with Crippen LogP contribution in [-0.2, 0) is 4.57 Å². The number of phosphoric acid groups is 1. The number of rotatable bonds is 11. The zero-order chi connectivity index (χ0) is 26.6. The van der Waals surface area contributed by atoms with Crippen LogP contribution in [0.2, 0.25) is 0 Å². The van der Waals surface area contributed by atoms with Gasteiger partial charge in [-0.05, 0) is 35.4 Å². The number of ether oxygens (including phenoxy) is 4. The van der Waals surface area contributed by atoms with Crippen LogP contribution in [0.5, 0.6) is 28.7 Å². The maximum absolute atomic E-state index is 11.1. The lowest BCUT2D eigenvalue weighted by molar-refractivity contribution is 0.0697. The van der Waals surface area contributed by atoms with Crippen LogP contribution in [0, 0.1) is 0 Å². The normalized spacial score (nSPS) is 11.5. The van der Waals surface area contributed by atoms with E-state index in [-0.39, 0.29) is 11.5 Å². The van der Waals surface area contributed by atoms with Gasteiger partial charge in [-0.15, -0.1) is 0 Å². The van der Waals surface area contributed by atoms with Crippen LogP contribution in [0.15, 0.2) is 30.3 Å². The number of benzene rings is 2. The maximum Gasteiger partial charge on any atom is 0.524 e. The van der Waals surface area contributed by atoms with Crippen molar-refractivity contribution < 1.29 is 53.1 Å². The first-order valence-electron chi connectivity index (χ1n) is 10.0. The second-order valence-electron chi connectivity index (χ2n) is 7.12. The molecular formula is C22H32NO11P. The van der Waals surface area contributed by atoms with Gasteiger partial charge in [0.2, 0.25) is 5.75 Å². The lowest BCUT2D eigenvalue weighted by atomic mass is 10.1. The summed E-state index contributed by atoms with van der Waals surface area (Å²) in [6, 6.07) is 8.29. The van der Waals surface area contributed by atoms with E-state index in [0.29, 0.717) is 22.8 Å². The van der Waals surface area contributed by atoms with Crippen molar-refractivity contribution in [3.05, 3.63) is 41.5 Å². The molecule has 0 amide bonds. The molecule has 2 aromatic carbocycles. The van der Waals surface area contributed by atoms with Crippen molar-refractivity contribution in [1.82, 2.24) is 0 Å². The van der Waals surface area contributed by atoms with Gasteiger partial charge in [-0.2, -0.15) is 0 Å². The number of phosphoric ester groups is 1. The van der Waals surface area contributed by atoms with E-state index in [0.717, 1.165) is 5.56 Å². The molecule has 0 aliphatic rings. The first kappa shape index (κ1) is 30.2. The minimum absolute atomic E-state index is 0.0575. The van der Waals surface area contributed by atoms with Crippen LogP contribution in [0.25, 0.3) is 12.2 Å². The molecule has 0 bridgehead atoms. The number of hydrogen-bond acceptors (Lipinski definition) is 10. The van der Waals surface area contributed by atoms with Gasteiger partial charge in [0.05, 0.1) is 53.8 Å². The summed E-state index contributed by atoms with van der Waals surface area (Å²) in [5.74, 6) is 1.66. The van der Waals surface area contributed by atoms with Crippen molar-refractivity contribution in [1.29, 1.82) is 0 Å². The first-order chi connectivity index (χ1) is 16.5. The van der Waals surface area contributed by atoms with E-state index >= 15 is 0 Å². The molecule has 0 aliphatic carbocycles. The smallest absolute Gasteiger partial charge is 0.493 e. The highest BCUT2D eigenvalue weighted by atomic mass is 31.2. The molecule has 0 fully saturated rings. The van der Waals surface area contributed by atoms with Gasteiger partial charge < -0.3 is 44.5 Å². The lowest BCUT2D eigenvalue weighted by Crippen LogP contribution is -2.50. The van der Waals surface area contributed by atoms with Crippen LogP contribution >= 0.6 is 7.82 Å². The van der Waals surface area contributed by atoms with E-state index in [1.807, 2.05) is 0 Å². The Hall–Kier alpha value is -2.83. The molecule has 7 N–H and O–H groups in total. The third-order valence-corrected chi connectivity index (χ3v) is 4.94. The Kier molecular flexibility index (Phi) is 12.0. The fourth-order valence-corrected chi connectivity index (χ4v) is 2.94. The zero-order valence-electron chi connectivity index (χ0n) is 19.9. The zero-order valence-corrected chi connectivity index (χ0v) is 20.8. The summed E-state index contributed by atoms with van der Waals surface area (Å²) in [5.41, 5.74) is 5.36. The third-order valence-electron chi connectivity index (χ3n) is 4.50. The highest BCUT2D eigenvalue weighted by molar-refractivity contribution is 7.46. The van der Waals surface area contributed by atoms with Crippen molar-refractivity contribution in [3.63, 3.8) is 0 Å². The number of methoxy groups -OCH3 is 4. The maximum atomic E-state index is 11.1. The molecule has 13 heteroatoms. The molecule has 0 heterocycles. The molecule has 0 aliphatic heterocycles. The van der Waals surface area contributed by atoms with Gasteiger partial charge in [-0.1, -0.05) is 18.2 Å². The van der Waals surface area contributed by atoms with E-state index < -0.39 is 33.2 Å². The second kappa shape index (κ2) is 13.9. The third kappa shape index (κ3) is 9.38. The fraction of sp³-hybridized carbons (Fsp3) is 0.364. The van der Waals surface area contributed by atoms with Gasteiger partial charge in [-0.3, -0.25) is 9.79 Å². The average Bonchev–Trinajstić information content (AvgIpc) is 2.85. The van der Waals surface area contributed by atoms with Gasteiger partial charge in [-0.25, -0.2) is 4.57 Å². The summed E-state index contributed by atoms with van der Waals surface area (Å²) >= 11 is 0. The summed E-state index contributed by atoms with van der Waals surface area (Å²) in [6.07, 6.45) is 3.53. The molecule has 0 atom stereocenters. The highest BCUT2D eigenvalue weighted by Crippen LogP contribution is 2.42. The van der Waals surface area contributed by atoms with E-state index in [2.05, 4.69) is 4.52 Å². The topological polar surface area (TPSA) is 190 Å². The number of aliphatic hydroxyl groups excluding tert-OH is 3. The average molecular weight is 517 g/mol. The Morgan fingerprint density at radius 2 is 1.23 bits per heavy atom. The van der Waals surface area contributed by atoms with Gasteiger partial charge >= 0.3 is 7.82 Å². The molecule has 0 saturated heterocycles. The van der Waals surface area contributed by atoms with Gasteiger partial charge in [0.25, 0.3) is 0 Å². The van der Waals surface area contributed by atoms with Crippen LogP contribution in [0.3, 0.4) is 0 Å². The van der Waals surface area contributed by atoms with Crippen LogP contribution < -0.4 is 29.2 Å². The minimum Gasteiger partial charge on any atom is -0.493 e. The molecule has 0 saturated carbocycles. The van der Waals surface area contributed by atoms with Crippen LogP contribution in [0.1, 0.15) is 11.1 Å². The Morgan fingerprint density at radius 1 is 0.771 bits per heavy atom. The second-order valence-corrected chi connectivity index (χ2v) is 8.28. The molecule has 0 unspecified atom stereocenters.